The molecule has 2 aromatic rings. The van der Waals surface area contributed by atoms with Crippen LogP contribution in [0.25, 0.3) is 0 Å². The van der Waals surface area contributed by atoms with Crippen LogP contribution in [-0.4, -0.2) is 40.8 Å². The Morgan fingerprint density at radius 3 is 2.86 bits per heavy atom. The molecule has 3 heterocycles. The molecule has 0 N–H and O–H groups in total. The third-order valence-electron chi connectivity index (χ3n) is 3.60. The summed E-state index contributed by atoms with van der Waals surface area (Å²) in [5.41, 5.74) is 0.897. The fraction of sp³-hybridized carbons (Fsp3) is 0.357. The van der Waals surface area contributed by atoms with E-state index >= 15 is 0 Å². The number of aryl methyl sites for hydroxylation is 1. The van der Waals surface area contributed by atoms with E-state index in [-0.39, 0.29) is 10.8 Å². The van der Waals surface area contributed by atoms with E-state index in [0.29, 0.717) is 13.1 Å². The fourth-order valence-electron chi connectivity index (χ4n) is 2.47. The molecule has 2 aromatic heterocycles. The Balaban J connectivity index is 1.81. The number of sulfonamides is 1. The minimum Gasteiger partial charge on any atom is -0.263 e. The monoisotopic (exact) mass is 304 g/mol. The summed E-state index contributed by atoms with van der Waals surface area (Å²) >= 11 is 0. The predicted octanol–water partition coefficient (Wildman–Crippen LogP) is 1.36. The van der Waals surface area contributed by atoms with E-state index in [0.717, 1.165) is 17.9 Å². The molecule has 0 aliphatic carbocycles. The van der Waals surface area contributed by atoms with E-state index in [1.165, 1.54) is 10.5 Å². The van der Waals surface area contributed by atoms with Crippen molar-refractivity contribution in [2.45, 2.75) is 24.2 Å². The summed E-state index contributed by atoms with van der Waals surface area (Å²) in [4.78, 5) is 12.8. The molecule has 21 heavy (non-hydrogen) atoms. The van der Waals surface area contributed by atoms with Crippen LogP contribution in [0.5, 0.6) is 0 Å². The van der Waals surface area contributed by atoms with Crippen LogP contribution in [0.4, 0.5) is 0 Å². The maximum atomic E-state index is 12.5. The lowest BCUT2D eigenvalue weighted by atomic mass is 10.1. The van der Waals surface area contributed by atoms with Crippen molar-refractivity contribution in [2.75, 3.05) is 13.1 Å². The third kappa shape index (κ3) is 2.79. The Bertz CT molecular complexity index is 734. The number of rotatable bonds is 3. The summed E-state index contributed by atoms with van der Waals surface area (Å²) in [6.45, 7) is 2.81. The van der Waals surface area contributed by atoms with Crippen LogP contribution in [0.1, 0.15) is 23.9 Å². The molecule has 0 spiro atoms. The van der Waals surface area contributed by atoms with Gasteiger partial charge in [-0.05, 0) is 31.5 Å². The summed E-state index contributed by atoms with van der Waals surface area (Å²) in [5.74, 6) is 0.773. The van der Waals surface area contributed by atoms with E-state index in [9.17, 15) is 8.42 Å². The van der Waals surface area contributed by atoms with Gasteiger partial charge in [-0.15, -0.1) is 0 Å². The summed E-state index contributed by atoms with van der Waals surface area (Å²) < 4.78 is 26.5. The number of hydrogen-bond acceptors (Lipinski definition) is 5. The van der Waals surface area contributed by atoms with E-state index in [1.807, 2.05) is 13.0 Å². The molecule has 7 heteroatoms. The Kier molecular flexibility index (Phi) is 3.69. The number of aromatic nitrogens is 3. The van der Waals surface area contributed by atoms with Gasteiger partial charge in [0, 0.05) is 43.3 Å². The average Bonchev–Trinajstić information content (AvgIpc) is 2.99. The number of nitrogens with zero attached hydrogens (tertiary/aromatic N) is 4. The first-order chi connectivity index (χ1) is 10.1. The van der Waals surface area contributed by atoms with Crippen molar-refractivity contribution in [3.63, 3.8) is 0 Å². The Hall–Kier alpha value is -1.86. The average molecular weight is 304 g/mol. The molecular formula is C14H16N4O2S. The van der Waals surface area contributed by atoms with E-state index in [1.54, 1.807) is 24.5 Å². The van der Waals surface area contributed by atoms with Crippen LogP contribution in [0.2, 0.25) is 0 Å². The minimum absolute atomic E-state index is 0.0522. The first-order valence-electron chi connectivity index (χ1n) is 6.77. The Morgan fingerprint density at radius 1 is 1.29 bits per heavy atom. The van der Waals surface area contributed by atoms with Crippen molar-refractivity contribution in [1.82, 2.24) is 19.3 Å². The SMILES string of the molecule is Cc1ccnc(C2CCN(S(=O)(=O)c3cccnc3)C2)n1. The van der Waals surface area contributed by atoms with E-state index in [2.05, 4.69) is 15.0 Å². The van der Waals surface area contributed by atoms with Gasteiger partial charge in [0.2, 0.25) is 10.0 Å². The zero-order chi connectivity index (χ0) is 14.9. The fourth-order valence-corrected chi connectivity index (χ4v) is 3.94. The molecule has 1 atom stereocenters. The van der Waals surface area contributed by atoms with Crippen molar-refractivity contribution in [2.24, 2.45) is 0 Å². The molecule has 0 bridgehead atoms. The first kappa shape index (κ1) is 14.1. The summed E-state index contributed by atoms with van der Waals surface area (Å²) in [6, 6.07) is 5.03. The second-order valence-corrected chi connectivity index (χ2v) is 7.03. The molecule has 1 aliphatic heterocycles. The van der Waals surface area contributed by atoms with Crippen molar-refractivity contribution >= 4 is 10.0 Å². The van der Waals surface area contributed by atoms with Gasteiger partial charge in [-0.3, -0.25) is 4.98 Å². The molecular weight excluding hydrogens is 288 g/mol. The van der Waals surface area contributed by atoms with Crippen LogP contribution >= 0.6 is 0 Å². The zero-order valence-corrected chi connectivity index (χ0v) is 12.5. The maximum Gasteiger partial charge on any atom is 0.244 e. The predicted molar refractivity (Wildman–Crippen MR) is 77.1 cm³/mol. The summed E-state index contributed by atoms with van der Waals surface area (Å²) in [5, 5.41) is 0. The zero-order valence-electron chi connectivity index (χ0n) is 11.7. The van der Waals surface area contributed by atoms with Crippen LogP contribution in [0.15, 0.2) is 41.7 Å². The molecule has 1 fully saturated rings. The highest BCUT2D eigenvalue weighted by atomic mass is 32.2. The number of pyridine rings is 1. The quantitative estimate of drug-likeness (QED) is 0.855. The van der Waals surface area contributed by atoms with Gasteiger partial charge >= 0.3 is 0 Å². The molecule has 0 aromatic carbocycles. The highest BCUT2D eigenvalue weighted by molar-refractivity contribution is 7.89. The normalized spacial score (nSPS) is 19.8. The van der Waals surface area contributed by atoms with Gasteiger partial charge in [0.1, 0.15) is 10.7 Å². The first-order valence-corrected chi connectivity index (χ1v) is 8.21. The smallest absolute Gasteiger partial charge is 0.244 e. The lowest BCUT2D eigenvalue weighted by Gasteiger charge is -2.16. The largest absolute Gasteiger partial charge is 0.263 e. The van der Waals surface area contributed by atoms with Crippen LogP contribution < -0.4 is 0 Å². The van der Waals surface area contributed by atoms with Gasteiger partial charge in [-0.1, -0.05) is 0 Å². The maximum absolute atomic E-state index is 12.5. The summed E-state index contributed by atoms with van der Waals surface area (Å²) in [7, 11) is -3.47. The second kappa shape index (κ2) is 5.50. The van der Waals surface area contributed by atoms with Crippen LogP contribution in [-0.2, 0) is 10.0 Å². The molecule has 3 rings (SSSR count). The lowest BCUT2D eigenvalue weighted by Crippen LogP contribution is -2.28. The third-order valence-corrected chi connectivity index (χ3v) is 5.45. The van der Waals surface area contributed by atoms with Gasteiger partial charge < -0.3 is 0 Å². The number of hydrogen-bond donors (Lipinski definition) is 0. The van der Waals surface area contributed by atoms with Gasteiger partial charge in [0.15, 0.2) is 0 Å². The molecule has 1 aliphatic rings. The van der Waals surface area contributed by atoms with Crippen molar-refractivity contribution in [3.8, 4) is 0 Å². The molecule has 1 unspecified atom stereocenters. The van der Waals surface area contributed by atoms with E-state index in [4.69, 9.17) is 0 Å². The molecule has 1 saturated heterocycles. The standard InChI is InChI=1S/C14H16N4O2S/c1-11-4-7-16-14(17-11)12-5-8-18(10-12)21(19,20)13-3-2-6-15-9-13/h2-4,6-7,9,12H,5,8,10H2,1H3. The van der Waals surface area contributed by atoms with Crippen molar-refractivity contribution in [1.29, 1.82) is 0 Å². The Labute approximate surface area is 123 Å². The van der Waals surface area contributed by atoms with E-state index < -0.39 is 10.0 Å². The van der Waals surface area contributed by atoms with Gasteiger partial charge in [-0.2, -0.15) is 4.31 Å². The molecule has 6 nitrogen and oxygen atoms in total. The van der Waals surface area contributed by atoms with Crippen molar-refractivity contribution < 1.29 is 8.42 Å². The Morgan fingerprint density at radius 2 is 2.14 bits per heavy atom. The highest BCUT2D eigenvalue weighted by Crippen LogP contribution is 2.29. The van der Waals surface area contributed by atoms with Crippen molar-refractivity contribution in [3.05, 3.63) is 48.3 Å². The van der Waals surface area contributed by atoms with Gasteiger partial charge in [-0.25, -0.2) is 18.4 Å². The van der Waals surface area contributed by atoms with Crippen LogP contribution in [0.3, 0.4) is 0 Å². The van der Waals surface area contributed by atoms with Gasteiger partial charge in [0.25, 0.3) is 0 Å². The molecule has 110 valence electrons. The van der Waals surface area contributed by atoms with Gasteiger partial charge in [0.05, 0.1) is 0 Å². The topological polar surface area (TPSA) is 76.1 Å². The molecule has 0 saturated carbocycles. The van der Waals surface area contributed by atoms with Crippen LogP contribution in [0, 0.1) is 6.92 Å². The molecule has 0 amide bonds. The summed E-state index contributed by atoms with van der Waals surface area (Å²) in [6.07, 6.45) is 5.40. The molecule has 0 radical (unpaired) electrons. The highest BCUT2D eigenvalue weighted by Gasteiger charge is 2.34. The minimum atomic E-state index is -3.47. The lowest BCUT2D eigenvalue weighted by molar-refractivity contribution is 0.470. The second-order valence-electron chi connectivity index (χ2n) is 5.09.